The lowest BCUT2D eigenvalue weighted by atomic mass is 10.1. The van der Waals surface area contributed by atoms with Crippen LogP contribution >= 0.6 is 11.8 Å². The van der Waals surface area contributed by atoms with Gasteiger partial charge >= 0.3 is 0 Å². The number of nitrogens with one attached hydrogen (secondary N) is 1. The first-order valence-electron chi connectivity index (χ1n) is 11.1. The molecular weight excluding hydrogens is 444 g/mol. The summed E-state index contributed by atoms with van der Waals surface area (Å²) in [5, 5.41) is 14.4. The molecule has 0 aliphatic rings. The molecule has 0 fully saturated rings. The van der Waals surface area contributed by atoms with Crippen molar-refractivity contribution in [2.24, 2.45) is 0 Å². The van der Waals surface area contributed by atoms with E-state index in [9.17, 15) is 4.79 Å². The van der Waals surface area contributed by atoms with Crippen LogP contribution < -0.4 is 5.32 Å². The van der Waals surface area contributed by atoms with Gasteiger partial charge in [-0.25, -0.2) is 0 Å². The first-order chi connectivity index (χ1) is 16.6. The molecule has 1 amide bonds. The van der Waals surface area contributed by atoms with Crippen molar-refractivity contribution < 1.29 is 9.21 Å². The molecule has 0 spiro atoms. The van der Waals surface area contributed by atoms with E-state index in [1.165, 1.54) is 11.8 Å². The number of nitrogens with zero attached hydrogens (tertiary/aromatic N) is 3. The topological polar surface area (TPSA) is 72.9 Å². The molecule has 0 bridgehead atoms. The third-order valence-corrected chi connectivity index (χ3v) is 6.78. The summed E-state index contributed by atoms with van der Waals surface area (Å²) in [6.07, 6.45) is 1.65. The minimum Gasteiger partial charge on any atom is -0.469 e. The molecule has 0 saturated heterocycles. The van der Waals surface area contributed by atoms with Gasteiger partial charge < -0.3 is 9.73 Å². The van der Waals surface area contributed by atoms with E-state index in [1.54, 1.807) is 6.26 Å². The van der Waals surface area contributed by atoms with Crippen molar-refractivity contribution in [1.29, 1.82) is 0 Å². The third-order valence-electron chi connectivity index (χ3n) is 5.70. The Morgan fingerprint density at radius 2 is 1.76 bits per heavy atom. The first-order valence-corrected chi connectivity index (χ1v) is 11.9. The first kappa shape index (κ1) is 22.0. The Morgan fingerprint density at radius 1 is 1.00 bits per heavy atom. The zero-order valence-electron chi connectivity index (χ0n) is 18.9. The number of thioether (sulfide) groups is 1. The van der Waals surface area contributed by atoms with Gasteiger partial charge in [-0.3, -0.25) is 9.36 Å². The van der Waals surface area contributed by atoms with Gasteiger partial charge in [0, 0.05) is 11.1 Å². The van der Waals surface area contributed by atoms with E-state index in [0.29, 0.717) is 11.7 Å². The molecule has 5 aromatic rings. The van der Waals surface area contributed by atoms with Crippen molar-refractivity contribution in [3.8, 4) is 11.4 Å². The molecule has 2 heterocycles. The van der Waals surface area contributed by atoms with Gasteiger partial charge in [0.1, 0.15) is 5.76 Å². The van der Waals surface area contributed by atoms with E-state index in [0.717, 1.165) is 39.2 Å². The predicted molar refractivity (Wildman–Crippen MR) is 136 cm³/mol. The van der Waals surface area contributed by atoms with Gasteiger partial charge in [0.2, 0.25) is 5.91 Å². The number of amides is 1. The van der Waals surface area contributed by atoms with Crippen molar-refractivity contribution in [2.75, 3.05) is 5.32 Å². The van der Waals surface area contributed by atoms with Crippen LogP contribution in [0.15, 0.2) is 94.7 Å². The van der Waals surface area contributed by atoms with Crippen LogP contribution in [0.2, 0.25) is 0 Å². The monoisotopic (exact) mass is 468 g/mol. The van der Waals surface area contributed by atoms with Crippen LogP contribution in [-0.4, -0.2) is 25.9 Å². The molecule has 5 rings (SSSR count). The van der Waals surface area contributed by atoms with Gasteiger partial charge in [-0.05, 0) is 36.9 Å². The highest BCUT2D eigenvalue weighted by molar-refractivity contribution is 8.00. The number of furan rings is 1. The summed E-state index contributed by atoms with van der Waals surface area (Å²) in [4.78, 5) is 13.1. The van der Waals surface area contributed by atoms with Gasteiger partial charge in [0.25, 0.3) is 0 Å². The standard InChI is InChI=1S/C27H24N4O2S/c1-18-22(15-16-33-18)25-29-30-27(31(25)17-20-9-4-3-5-10-20)34-19(2)26(32)28-24-14-8-12-21-11-6-7-13-23(21)24/h3-16,19H,17H2,1-2H3,(H,28,32). The maximum atomic E-state index is 13.1. The highest BCUT2D eigenvalue weighted by atomic mass is 32.2. The van der Waals surface area contributed by atoms with Crippen LogP contribution in [0.1, 0.15) is 18.2 Å². The number of carbonyl (C=O) groups excluding carboxylic acids is 1. The molecule has 170 valence electrons. The number of rotatable bonds is 7. The Bertz CT molecular complexity index is 1440. The van der Waals surface area contributed by atoms with E-state index >= 15 is 0 Å². The average molecular weight is 469 g/mol. The molecule has 0 radical (unpaired) electrons. The predicted octanol–water partition coefficient (Wildman–Crippen LogP) is 6.17. The number of anilines is 1. The molecule has 34 heavy (non-hydrogen) atoms. The second-order valence-corrected chi connectivity index (χ2v) is 9.35. The number of carbonyl (C=O) groups is 1. The van der Waals surface area contributed by atoms with E-state index in [2.05, 4.69) is 27.6 Å². The molecule has 1 unspecified atom stereocenters. The Hall–Kier alpha value is -3.84. The Morgan fingerprint density at radius 3 is 2.56 bits per heavy atom. The fourth-order valence-electron chi connectivity index (χ4n) is 3.88. The molecule has 1 atom stereocenters. The van der Waals surface area contributed by atoms with Crippen LogP contribution in [0, 0.1) is 6.92 Å². The zero-order chi connectivity index (χ0) is 23.5. The number of aromatic nitrogens is 3. The molecule has 1 N–H and O–H groups in total. The van der Waals surface area contributed by atoms with Crippen molar-refractivity contribution in [1.82, 2.24) is 14.8 Å². The molecule has 2 aromatic heterocycles. The van der Waals surface area contributed by atoms with Crippen molar-refractivity contribution >= 4 is 34.1 Å². The van der Waals surface area contributed by atoms with Gasteiger partial charge in [0.05, 0.1) is 23.6 Å². The number of hydrogen-bond acceptors (Lipinski definition) is 5. The molecule has 0 aliphatic heterocycles. The average Bonchev–Trinajstić information content (AvgIpc) is 3.45. The lowest BCUT2D eigenvalue weighted by Crippen LogP contribution is -2.23. The van der Waals surface area contributed by atoms with Gasteiger partial charge in [-0.1, -0.05) is 78.5 Å². The largest absolute Gasteiger partial charge is 0.469 e. The van der Waals surface area contributed by atoms with Crippen molar-refractivity contribution in [2.45, 2.75) is 30.8 Å². The normalized spacial score (nSPS) is 12.1. The van der Waals surface area contributed by atoms with Crippen LogP contribution in [0.25, 0.3) is 22.2 Å². The Kier molecular flexibility index (Phi) is 6.18. The van der Waals surface area contributed by atoms with Gasteiger partial charge in [-0.15, -0.1) is 10.2 Å². The van der Waals surface area contributed by atoms with Crippen LogP contribution in [0.4, 0.5) is 5.69 Å². The maximum Gasteiger partial charge on any atom is 0.237 e. The highest BCUT2D eigenvalue weighted by Gasteiger charge is 2.23. The second-order valence-electron chi connectivity index (χ2n) is 8.04. The maximum absolute atomic E-state index is 13.1. The summed E-state index contributed by atoms with van der Waals surface area (Å²) in [5.74, 6) is 1.41. The van der Waals surface area contributed by atoms with Crippen LogP contribution in [-0.2, 0) is 11.3 Å². The molecule has 7 heteroatoms. The summed E-state index contributed by atoms with van der Waals surface area (Å²) in [7, 11) is 0. The summed E-state index contributed by atoms with van der Waals surface area (Å²) >= 11 is 1.39. The summed E-state index contributed by atoms with van der Waals surface area (Å²) < 4.78 is 7.54. The van der Waals surface area contributed by atoms with E-state index < -0.39 is 0 Å². The molecule has 0 aliphatic carbocycles. The minimum absolute atomic E-state index is 0.0864. The lowest BCUT2D eigenvalue weighted by Gasteiger charge is -2.15. The van der Waals surface area contributed by atoms with Crippen molar-refractivity contribution in [3.05, 3.63) is 96.4 Å². The number of hydrogen-bond donors (Lipinski definition) is 1. The smallest absolute Gasteiger partial charge is 0.237 e. The minimum atomic E-state index is -0.379. The summed E-state index contributed by atoms with van der Waals surface area (Å²) in [6, 6.07) is 26.0. The lowest BCUT2D eigenvalue weighted by molar-refractivity contribution is -0.115. The van der Waals surface area contributed by atoms with E-state index in [1.807, 2.05) is 85.1 Å². The van der Waals surface area contributed by atoms with Crippen LogP contribution in [0.3, 0.4) is 0 Å². The number of aryl methyl sites for hydroxylation is 1. The fourth-order valence-corrected chi connectivity index (χ4v) is 4.73. The van der Waals surface area contributed by atoms with Gasteiger partial charge in [0.15, 0.2) is 11.0 Å². The number of fused-ring (bicyclic) bond motifs is 1. The zero-order valence-corrected chi connectivity index (χ0v) is 19.8. The summed E-state index contributed by atoms with van der Waals surface area (Å²) in [6.45, 7) is 4.38. The highest BCUT2D eigenvalue weighted by Crippen LogP contribution is 2.31. The Labute approximate surface area is 202 Å². The second kappa shape index (κ2) is 9.57. The quantitative estimate of drug-likeness (QED) is 0.289. The van der Waals surface area contributed by atoms with Gasteiger partial charge in [-0.2, -0.15) is 0 Å². The van der Waals surface area contributed by atoms with Crippen LogP contribution in [0.5, 0.6) is 0 Å². The molecule has 3 aromatic carbocycles. The van der Waals surface area contributed by atoms with E-state index in [-0.39, 0.29) is 11.2 Å². The fraction of sp³-hybridized carbons (Fsp3) is 0.148. The number of benzene rings is 3. The van der Waals surface area contributed by atoms with E-state index in [4.69, 9.17) is 4.42 Å². The Balaban J connectivity index is 1.41. The SMILES string of the molecule is Cc1occc1-c1nnc(SC(C)C(=O)Nc2cccc3ccccc23)n1Cc1ccccc1. The summed E-state index contributed by atoms with van der Waals surface area (Å²) in [5.41, 5.74) is 2.82. The molecule has 6 nitrogen and oxygen atoms in total. The molecular formula is C27H24N4O2S. The third kappa shape index (κ3) is 4.47. The molecule has 0 saturated carbocycles. The van der Waals surface area contributed by atoms with Crippen molar-refractivity contribution in [3.63, 3.8) is 0 Å².